The molecule has 1 aliphatic carbocycles. The molecule has 1 saturated carbocycles. The Labute approximate surface area is 186 Å². The van der Waals surface area contributed by atoms with E-state index in [0.29, 0.717) is 27.1 Å². The maximum absolute atomic E-state index is 12.1. The number of aliphatic hydroxyl groups excluding tert-OH is 2. The Morgan fingerprint density at radius 3 is 2.66 bits per heavy atom. The van der Waals surface area contributed by atoms with Crippen molar-refractivity contribution in [1.29, 1.82) is 0 Å². The monoisotopic (exact) mass is 463 g/mol. The third kappa shape index (κ3) is 5.75. The predicted molar refractivity (Wildman–Crippen MR) is 118 cm³/mol. The van der Waals surface area contributed by atoms with E-state index >= 15 is 0 Å². The van der Waals surface area contributed by atoms with Crippen molar-refractivity contribution in [2.24, 2.45) is 11.7 Å². The molecular formula is C21H31Cl2NO4S. The molecule has 8 heteroatoms. The number of unbranched alkanes of at least 4 members (excludes halogenated alkanes) is 2. The molecule has 1 aliphatic rings. The summed E-state index contributed by atoms with van der Waals surface area (Å²) in [5.74, 6) is -1.43. The van der Waals surface area contributed by atoms with E-state index in [0.717, 1.165) is 18.4 Å². The van der Waals surface area contributed by atoms with Crippen LogP contribution < -0.4 is 5.73 Å². The first-order valence-corrected chi connectivity index (χ1v) is 11.7. The van der Waals surface area contributed by atoms with Crippen LogP contribution in [-0.4, -0.2) is 39.0 Å². The minimum Gasteiger partial charge on any atom is -0.393 e. The Hall–Kier alpha value is -0.630. The number of hydrogen-bond acceptors (Lipinski definition) is 5. The summed E-state index contributed by atoms with van der Waals surface area (Å²) in [7, 11) is 0. The van der Waals surface area contributed by atoms with Crippen molar-refractivity contribution in [1.82, 2.24) is 0 Å². The average molecular weight is 464 g/mol. The average Bonchev–Trinajstić information content (AvgIpc) is 3.14. The molecule has 0 aliphatic heterocycles. The van der Waals surface area contributed by atoms with Crippen molar-refractivity contribution >= 4 is 40.4 Å². The van der Waals surface area contributed by atoms with E-state index in [4.69, 9.17) is 28.9 Å². The fourth-order valence-corrected chi connectivity index (χ4v) is 5.96. The van der Waals surface area contributed by atoms with Crippen molar-refractivity contribution in [3.8, 4) is 0 Å². The van der Waals surface area contributed by atoms with Gasteiger partial charge in [0.15, 0.2) is 0 Å². The lowest BCUT2D eigenvalue weighted by Crippen LogP contribution is -2.48. The number of hydrogen-bond donors (Lipinski definition) is 4. The quantitative estimate of drug-likeness (QED) is 0.304. The summed E-state index contributed by atoms with van der Waals surface area (Å²) in [4.78, 5) is 12.1. The van der Waals surface area contributed by atoms with Crippen LogP contribution in [0.2, 0.25) is 8.67 Å². The molecule has 164 valence electrons. The maximum Gasteiger partial charge on any atom is 0.244 e. The third-order valence-electron chi connectivity index (χ3n) is 5.96. The summed E-state index contributed by atoms with van der Waals surface area (Å²) in [5, 5.41) is 32.7. The van der Waals surface area contributed by atoms with Gasteiger partial charge >= 0.3 is 0 Å². The predicted octanol–water partition coefficient (Wildman–Crippen LogP) is 4.40. The summed E-state index contributed by atoms with van der Waals surface area (Å²) >= 11 is 13.6. The minimum absolute atomic E-state index is 0.00814. The van der Waals surface area contributed by atoms with Gasteiger partial charge < -0.3 is 21.1 Å². The molecule has 1 aromatic rings. The van der Waals surface area contributed by atoms with Gasteiger partial charge in [0.1, 0.15) is 5.60 Å². The molecule has 1 fully saturated rings. The fourth-order valence-electron chi connectivity index (χ4n) is 4.34. The molecule has 0 saturated heterocycles. The number of nitrogens with two attached hydrogens (primary N) is 1. The van der Waals surface area contributed by atoms with Crippen LogP contribution in [-0.2, 0) is 4.79 Å². The van der Waals surface area contributed by atoms with Crippen molar-refractivity contribution in [2.75, 3.05) is 0 Å². The molecule has 5 nitrogen and oxygen atoms in total. The molecule has 2 unspecified atom stereocenters. The topological polar surface area (TPSA) is 104 Å². The van der Waals surface area contributed by atoms with Crippen LogP contribution in [0.5, 0.6) is 0 Å². The lowest BCUT2D eigenvalue weighted by molar-refractivity contribution is -0.120. The minimum atomic E-state index is -1.63. The van der Waals surface area contributed by atoms with Crippen molar-refractivity contribution in [2.45, 2.75) is 82.5 Å². The van der Waals surface area contributed by atoms with Gasteiger partial charge in [0.05, 0.1) is 20.9 Å². The van der Waals surface area contributed by atoms with Crippen molar-refractivity contribution in [3.05, 3.63) is 32.0 Å². The van der Waals surface area contributed by atoms with Crippen LogP contribution in [0.15, 0.2) is 17.7 Å². The maximum atomic E-state index is 12.1. The van der Waals surface area contributed by atoms with Gasteiger partial charge in [-0.2, -0.15) is 0 Å². The Bertz CT molecular complexity index is 738. The first-order valence-electron chi connectivity index (χ1n) is 10.2. The molecule has 0 bridgehead atoms. The number of rotatable bonds is 10. The zero-order chi connectivity index (χ0) is 21.8. The number of allylic oxidation sites excluding steroid dienone is 1. The molecule has 1 heterocycles. The smallest absolute Gasteiger partial charge is 0.244 e. The van der Waals surface area contributed by atoms with E-state index in [1.807, 2.05) is 13.8 Å². The third-order valence-corrected chi connectivity index (χ3v) is 7.47. The van der Waals surface area contributed by atoms with Gasteiger partial charge in [-0.15, -0.1) is 11.3 Å². The van der Waals surface area contributed by atoms with Crippen LogP contribution in [0.1, 0.15) is 70.3 Å². The number of thiophene rings is 1. The molecule has 0 radical (unpaired) electrons. The lowest BCUT2D eigenvalue weighted by atomic mass is 9.76. The zero-order valence-corrected chi connectivity index (χ0v) is 19.2. The summed E-state index contributed by atoms with van der Waals surface area (Å²) in [6, 6.07) is 1.79. The van der Waals surface area contributed by atoms with Gasteiger partial charge in [0.2, 0.25) is 5.91 Å². The lowest BCUT2D eigenvalue weighted by Gasteiger charge is -2.37. The van der Waals surface area contributed by atoms with Crippen LogP contribution in [0.4, 0.5) is 0 Å². The van der Waals surface area contributed by atoms with E-state index in [2.05, 4.69) is 0 Å². The van der Waals surface area contributed by atoms with Crippen LogP contribution in [0, 0.1) is 5.92 Å². The van der Waals surface area contributed by atoms with E-state index < -0.39 is 29.6 Å². The van der Waals surface area contributed by atoms with E-state index in [9.17, 15) is 20.1 Å². The molecule has 2 rings (SSSR count). The van der Waals surface area contributed by atoms with E-state index in [1.165, 1.54) is 11.3 Å². The molecule has 1 aromatic heterocycles. The highest BCUT2D eigenvalue weighted by molar-refractivity contribution is 7.20. The highest BCUT2D eigenvalue weighted by Crippen LogP contribution is 2.46. The molecule has 5 N–H and O–H groups in total. The van der Waals surface area contributed by atoms with Crippen molar-refractivity contribution in [3.63, 3.8) is 0 Å². The van der Waals surface area contributed by atoms with Gasteiger partial charge in [-0.05, 0) is 43.2 Å². The number of amides is 1. The largest absolute Gasteiger partial charge is 0.393 e. The first kappa shape index (κ1) is 24.6. The van der Waals surface area contributed by atoms with Crippen LogP contribution in [0.3, 0.4) is 0 Å². The van der Waals surface area contributed by atoms with E-state index in [1.54, 1.807) is 12.1 Å². The SMILES string of the molecule is CCCCC=C(C(N)=O)C1C[C@H](O)C[C@@]1(O)C(O)C[C@@H](CC)c1cc(Cl)sc1Cl. The second-order valence-corrected chi connectivity index (χ2v) is 10.2. The van der Waals surface area contributed by atoms with Gasteiger partial charge in [-0.3, -0.25) is 4.79 Å². The molecule has 29 heavy (non-hydrogen) atoms. The zero-order valence-electron chi connectivity index (χ0n) is 16.9. The fraction of sp³-hybridized carbons (Fsp3) is 0.667. The highest BCUT2D eigenvalue weighted by Gasteiger charge is 2.52. The van der Waals surface area contributed by atoms with E-state index in [-0.39, 0.29) is 25.2 Å². The van der Waals surface area contributed by atoms with Crippen molar-refractivity contribution < 1.29 is 20.1 Å². The molecule has 1 amide bonds. The molecule has 0 spiro atoms. The Kier molecular flexibility index (Phi) is 9.01. The summed E-state index contributed by atoms with van der Waals surface area (Å²) in [6.45, 7) is 4.02. The Morgan fingerprint density at radius 2 is 2.14 bits per heavy atom. The second-order valence-electron chi connectivity index (χ2n) is 7.94. The number of primary amides is 1. The molecular weight excluding hydrogens is 433 g/mol. The number of carbonyl (C=O) groups is 1. The van der Waals surface area contributed by atoms with Gasteiger partial charge in [-0.1, -0.05) is 56.0 Å². The second kappa shape index (κ2) is 10.6. The highest BCUT2D eigenvalue weighted by atomic mass is 35.5. The Morgan fingerprint density at radius 1 is 1.45 bits per heavy atom. The van der Waals surface area contributed by atoms with Crippen LogP contribution >= 0.6 is 34.5 Å². The molecule has 5 atom stereocenters. The first-order chi connectivity index (χ1) is 13.6. The molecule has 0 aromatic carbocycles. The van der Waals surface area contributed by atoms with Gasteiger partial charge in [0.25, 0.3) is 0 Å². The number of aliphatic hydroxyl groups is 3. The normalized spacial score (nSPS) is 27.2. The summed E-state index contributed by atoms with van der Waals surface area (Å²) < 4.78 is 1.14. The summed E-state index contributed by atoms with van der Waals surface area (Å²) in [6.07, 6.45) is 3.42. The van der Waals surface area contributed by atoms with Crippen LogP contribution in [0.25, 0.3) is 0 Å². The van der Waals surface area contributed by atoms with Gasteiger partial charge in [-0.25, -0.2) is 0 Å². The Balaban J connectivity index is 2.28. The number of halogens is 2. The standard InChI is InChI=1S/C21H31Cl2NO4S/c1-3-5-6-7-14(20(24)27)16-9-13(25)11-21(16,28)17(26)8-12(4-2)15-10-18(22)29-19(15)23/h7,10,12-13,16-17,25-26,28H,3-6,8-9,11H2,1-2H3,(H2,24,27)/t12-,13+,16?,17?,21+/m1/s1. The number of carbonyl (C=O) groups excluding carboxylic acids is 1. The summed E-state index contributed by atoms with van der Waals surface area (Å²) in [5.41, 5.74) is 5.10. The van der Waals surface area contributed by atoms with Gasteiger partial charge in [0, 0.05) is 17.9 Å².